The first kappa shape index (κ1) is 17.6. The van der Waals surface area contributed by atoms with E-state index in [0.29, 0.717) is 5.69 Å². The maximum absolute atomic E-state index is 12.6. The Kier molecular flexibility index (Phi) is 4.84. The van der Waals surface area contributed by atoms with Crippen molar-refractivity contribution in [2.45, 2.75) is 57.4 Å². The molecule has 1 heterocycles. The molecule has 0 radical (unpaired) electrons. The minimum Gasteiger partial charge on any atom is -0.335 e. The van der Waals surface area contributed by atoms with Crippen LogP contribution in [-0.2, 0) is 10.0 Å². The fourth-order valence-corrected chi connectivity index (χ4v) is 2.83. The van der Waals surface area contributed by atoms with E-state index in [2.05, 4.69) is 10.2 Å². The summed E-state index contributed by atoms with van der Waals surface area (Å²) in [5.41, 5.74) is -0.210. The van der Waals surface area contributed by atoms with Crippen LogP contribution in [0.3, 0.4) is 0 Å². The van der Waals surface area contributed by atoms with Crippen LogP contribution < -0.4 is 5.14 Å². The molecule has 0 spiro atoms. The van der Waals surface area contributed by atoms with Crippen molar-refractivity contribution in [3.05, 3.63) is 11.4 Å². The zero-order valence-corrected chi connectivity index (χ0v) is 14.2. The molecule has 0 saturated carbocycles. The van der Waals surface area contributed by atoms with E-state index in [1.807, 2.05) is 20.8 Å². The number of rotatable bonds is 5. The van der Waals surface area contributed by atoms with E-state index in [4.69, 9.17) is 5.14 Å². The van der Waals surface area contributed by atoms with Gasteiger partial charge in [0.15, 0.2) is 5.69 Å². The Morgan fingerprint density at radius 1 is 1.43 bits per heavy atom. The molecule has 8 heteroatoms. The van der Waals surface area contributed by atoms with Gasteiger partial charge in [-0.1, -0.05) is 20.8 Å². The summed E-state index contributed by atoms with van der Waals surface area (Å²) in [5.74, 6) is -0.606. The van der Waals surface area contributed by atoms with Crippen molar-refractivity contribution >= 4 is 15.9 Å². The molecular formula is C13H24N4O3S. The number of carbonyl (C=O) groups is 1. The van der Waals surface area contributed by atoms with Crippen molar-refractivity contribution in [3.8, 4) is 0 Å². The van der Waals surface area contributed by atoms with Crippen molar-refractivity contribution in [3.63, 3.8) is 0 Å². The minimum atomic E-state index is -4.04. The number of hydrogen-bond donors (Lipinski definition) is 2. The second-order valence-corrected chi connectivity index (χ2v) is 7.54. The predicted molar refractivity (Wildman–Crippen MR) is 80.5 cm³/mol. The number of amides is 1. The van der Waals surface area contributed by atoms with E-state index in [-0.39, 0.29) is 16.5 Å². The zero-order valence-electron chi connectivity index (χ0n) is 13.4. The molecule has 120 valence electrons. The molecule has 3 N–H and O–H groups in total. The van der Waals surface area contributed by atoms with Crippen LogP contribution in [-0.4, -0.2) is 42.0 Å². The highest BCUT2D eigenvalue weighted by atomic mass is 32.2. The van der Waals surface area contributed by atoms with Crippen LogP contribution in [0.25, 0.3) is 0 Å². The van der Waals surface area contributed by atoms with Crippen LogP contribution >= 0.6 is 0 Å². The van der Waals surface area contributed by atoms with Gasteiger partial charge in [-0.3, -0.25) is 9.89 Å². The number of nitrogens with one attached hydrogen (secondary N) is 1. The molecule has 0 aliphatic carbocycles. The lowest BCUT2D eigenvalue weighted by Gasteiger charge is -2.34. The molecule has 0 atom stereocenters. The van der Waals surface area contributed by atoms with Crippen LogP contribution in [0.5, 0.6) is 0 Å². The Balaban J connectivity index is 3.42. The maximum atomic E-state index is 12.6. The van der Waals surface area contributed by atoms with Gasteiger partial charge in [0, 0.05) is 12.6 Å². The number of nitrogens with zero attached hydrogens (tertiary/aromatic N) is 2. The van der Waals surface area contributed by atoms with Crippen LogP contribution in [0.1, 0.15) is 63.1 Å². The van der Waals surface area contributed by atoms with Crippen LogP contribution in [0.2, 0.25) is 0 Å². The Bertz CT molecular complexity index is 632. The predicted octanol–water partition coefficient (Wildman–Crippen LogP) is 1.44. The van der Waals surface area contributed by atoms with Gasteiger partial charge in [-0.2, -0.15) is 5.10 Å². The average Bonchev–Trinajstić information content (AvgIpc) is 2.81. The summed E-state index contributed by atoms with van der Waals surface area (Å²) in [6.45, 7) is 9.36. The maximum Gasteiger partial charge on any atom is 0.275 e. The van der Waals surface area contributed by atoms with E-state index < -0.39 is 21.5 Å². The van der Waals surface area contributed by atoms with Crippen LogP contribution in [0.15, 0.2) is 4.90 Å². The third-order valence-electron chi connectivity index (χ3n) is 3.89. The standard InChI is InChI=1S/C13H24N4O3S/c1-7-13(4,5)17(6)12(18)10-11(21(14,19)20)9(8(2)3)15-16-10/h8H,7H2,1-6H3,(H,15,16)(H2,14,19,20). The number of aromatic amines is 1. The van der Waals surface area contributed by atoms with Gasteiger partial charge in [-0.15, -0.1) is 0 Å². The summed E-state index contributed by atoms with van der Waals surface area (Å²) in [7, 11) is -2.41. The Morgan fingerprint density at radius 3 is 2.33 bits per heavy atom. The molecule has 1 aromatic heterocycles. The topological polar surface area (TPSA) is 109 Å². The number of H-pyrrole nitrogens is 1. The molecular weight excluding hydrogens is 292 g/mol. The molecule has 0 aliphatic rings. The van der Waals surface area contributed by atoms with Gasteiger partial charge in [0.05, 0.1) is 5.69 Å². The second-order valence-electron chi connectivity index (χ2n) is 6.04. The highest BCUT2D eigenvalue weighted by molar-refractivity contribution is 7.89. The largest absolute Gasteiger partial charge is 0.335 e. The normalized spacial score (nSPS) is 12.8. The van der Waals surface area contributed by atoms with Gasteiger partial charge in [0.25, 0.3) is 5.91 Å². The average molecular weight is 316 g/mol. The molecule has 1 rings (SSSR count). The molecule has 7 nitrogen and oxygen atoms in total. The lowest BCUT2D eigenvalue weighted by atomic mass is 9.99. The molecule has 1 aromatic rings. The first-order chi connectivity index (χ1) is 9.43. The highest BCUT2D eigenvalue weighted by Crippen LogP contribution is 2.26. The monoisotopic (exact) mass is 316 g/mol. The van der Waals surface area contributed by atoms with Crippen molar-refractivity contribution < 1.29 is 13.2 Å². The fourth-order valence-electron chi connectivity index (χ4n) is 1.84. The molecule has 0 aliphatic heterocycles. The third-order valence-corrected chi connectivity index (χ3v) is 4.87. The molecule has 0 bridgehead atoms. The van der Waals surface area contributed by atoms with E-state index in [1.165, 1.54) is 4.90 Å². The first-order valence-electron chi connectivity index (χ1n) is 6.82. The van der Waals surface area contributed by atoms with Crippen LogP contribution in [0.4, 0.5) is 0 Å². The summed E-state index contributed by atoms with van der Waals surface area (Å²) in [4.78, 5) is 13.9. The smallest absolute Gasteiger partial charge is 0.275 e. The number of primary sulfonamides is 1. The van der Waals surface area contributed by atoms with Gasteiger partial charge in [0.1, 0.15) is 4.90 Å². The first-order valence-corrected chi connectivity index (χ1v) is 8.37. The molecule has 0 unspecified atom stereocenters. The SMILES string of the molecule is CCC(C)(C)N(C)C(=O)c1n[nH]c(C(C)C)c1S(N)(=O)=O. The van der Waals surface area contributed by atoms with Crippen LogP contribution in [0, 0.1) is 0 Å². The van der Waals surface area contributed by atoms with E-state index in [9.17, 15) is 13.2 Å². The Hall–Kier alpha value is -1.41. The molecule has 0 aromatic carbocycles. The van der Waals surface area contributed by atoms with Crippen molar-refractivity contribution in [1.82, 2.24) is 15.1 Å². The summed E-state index contributed by atoms with van der Waals surface area (Å²) < 4.78 is 23.7. The number of aromatic nitrogens is 2. The molecule has 1 amide bonds. The molecule has 0 saturated heterocycles. The summed E-state index contributed by atoms with van der Waals surface area (Å²) >= 11 is 0. The van der Waals surface area contributed by atoms with E-state index in [1.54, 1.807) is 20.9 Å². The highest BCUT2D eigenvalue weighted by Gasteiger charge is 2.34. The van der Waals surface area contributed by atoms with Crippen molar-refractivity contribution in [2.75, 3.05) is 7.05 Å². The van der Waals surface area contributed by atoms with Crippen molar-refractivity contribution in [1.29, 1.82) is 0 Å². The lowest BCUT2D eigenvalue weighted by molar-refractivity contribution is 0.0610. The van der Waals surface area contributed by atoms with E-state index >= 15 is 0 Å². The second kappa shape index (κ2) is 5.76. The molecule has 21 heavy (non-hydrogen) atoms. The number of nitrogens with two attached hydrogens (primary N) is 1. The fraction of sp³-hybridized carbons (Fsp3) is 0.692. The Morgan fingerprint density at radius 2 is 1.95 bits per heavy atom. The number of sulfonamides is 1. The third kappa shape index (κ3) is 3.44. The number of hydrogen-bond acceptors (Lipinski definition) is 4. The zero-order chi connectivity index (χ0) is 16.6. The van der Waals surface area contributed by atoms with Gasteiger partial charge in [0.2, 0.25) is 10.0 Å². The number of carbonyl (C=O) groups excluding carboxylic acids is 1. The Labute approximate surface area is 126 Å². The lowest BCUT2D eigenvalue weighted by Crippen LogP contribution is -2.45. The molecule has 0 fully saturated rings. The van der Waals surface area contributed by atoms with Gasteiger partial charge >= 0.3 is 0 Å². The summed E-state index contributed by atoms with van der Waals surface area (Å²) in [6, 6.07) is 0. The minimum absolute atomic E-state index is 0.142. The summed E-state index contributed by atoms with van der Waals surface area (Å²) in [6.07, 6.45) is 0.724. The van der Waals surface area contributed by atoms with Gasteiger partial charge in [-0.05, 0) is 26.2 Å². The van der Waals surface area contributed by atoms with Crippen molar-refractivity contribution in [2.24, 2.45) is 5.14 Å². The summed E-state index contributed by atoms with van der Waals surface area (Å²) in [5, 5.41) is 11.8. The quantitative estimate of drug-likeness (QED) is 0.856. The van der Waals surface area contributed by atoms with Gasteiger partial charge < -0.3 is 4.90 Å². The van der Waals surface area contributed by atoms with Gasteiger partial charge in [-0.25, -0.2) is 13.6 Å². The van der Waals surface area contributed by atoms with E-state index in [0.717, 1.165) is 6.42 Å².